The minimum Gasteiger partial charge on any atom is -0.336 e. The molecule has 1 N–H and O–H groups in total. The summed E-state index contributed by atoms with van der Waals surface area (Å²) in [5, 5.41) is 14.4. The number of aromatic nitrogens is 3. The molecular weight excluding hydrogens is 270 g/mol. The van der Waals surface area contributed by atoms with Crippen molar-refractivity contribution in [3.8, 4) is 0 Å². The van der Waals surface area contributed by atoms with Gasteiger partial charge in [0.05, 0.1) is 10.7 Å². The highest BCUT2D eigenvalue weighted by atomic mass is 35.5. The van der Waals surface area contributed by atoms with Gasteiger partial charge in [0.15, 0.2) is 11.0 Å². The van der Waals surface area contributed by atoms with E-state index in [4.69, 9.17) is 34.8 Å². The Morgan fingerprint density at radius 1 is 1.00 bits per heavy atom. The van der Waals surface area contributed by atoms with Gasteiger partial charge in [-0.15, -0.1) is 10.2 Å². The number of hydrogen-bond acceptors (Lipinski definition) is 4. The summed E-state index contributed by atoms with van der Waals surface area (Å²) in [4.78, 5) is 0. The SMILES string of the molecule is Clc1ccccc1Nc1nnnc(Cl)c1Cl. The van der Waals surface area contributed by atoms with Crippen molar-refractivity contribution in [2.24, 2.45) is 0 Å². The van der Waals surface area contributed by atoms with E-state index >= 15 is 0 Å². The molecular formula is C9H5Cl3N4. The van der Waals surface area contributed by atoms with Crippen LogP contribution < -0.4 is 5.32 Å². The predicted molar refractivity (Wildman–Crippen MR) is 64.6 cm³/mol. The number of para-hydroxylation sites is 1. The van der Waals surface area contributed by atoms with Crippen molar-refractivity contribution >= 4 is 46.3 Å². The number of nitrogens with zero attached hydrogens (tertiary/aromatic N) is 3. The first kappa shape index (κ1) is 11.4. The van der Waals surface area contributed by atoms with Crippen LogP contribution in [-0.4, -0.2) is 15.4 Å². The maximum absolute atomic E-state index is 5.96. The average molecular weight is 276 g/mol. The molecule has 2 aromatic rings. The Hall–Kier alpha value is -1.10. The molecule has 0 spiro atoms. The lowest BCUT2D eigenvalue weighted by Gasteiger charge is -2.07. The number of halogens is 3. The molecule has 16 heavy (non-hydrogen) atoms. The summed E-state index contributed by atoms with van der Waals surface area (Å²) in [6.07, 6.45) is 0. The lowest BCUT2D eigenvalue weighted by atomic mass is 10.3. The largest absolute Gasteiger partial charge is 0.336 e. The Labute approximate surface area is 107 Å². The van der Waals surface area contributed by atoms with Gasteiger partial charge in [0, 0.05) is 0 Å². The van der Waals surface area contributed by atoms with Crippen LogP contribution in [0, 0.1) is 0 Å². The zero-order valence-corrected chi connectivity index (χ0v) is 10.1. The van der Waals surface area contributed by atoms with Crippen LogP contribution in [0.15, 0.2) is 24.3 Å². The Bertz CT molecular complexity index is 518. The minimum atomic E-state index is 0.0891. The fourth-order valence-electron chi connectivity index (χ4n) is 1.06. The second-order valence-corrected chi connectivity index (χ2v) is 3.99. The molecule has 1 heterocycles. The molecule has 0 unspecified atom stereocenters. The van der Waals surface area contributed by atoms with Crippen molar-refractivity contribution in [1.82, 2.24) is 15.4 Å². The third kappa shape index (κ3) is 2.35. The number of nitrogens with one attached hydrogen (secondary N) is 1. The summed E-state index contributed by atoms with van der Waals surface area (Å²) in [7, 11) is 0. The molecule has 0 amide bonds. The molecule has 82 valence electrons. The lowest BCUT2D eigenvalue weighted by molar-refractivity contribution is 0.871. The van der Waals surface area contributed by atoms with E-state index in [9.17, 15) is 0 Å². The van der Waals surface area contributed by atoms with E-state index in [1.165, 1.54) is 0 Å². The molecule has 4 nitrogen and oxygen atoms in total. The molecule has 0 aliphatic carbocycles. The molecule has 7 heteroatoms. The van der Waals surface area contributed by atoms with Crippen LogP contribution in [0.25, 0.3) is 0 Å². The first-order chi connectivity index (χ1) is 7.68. The van der Waals surface area contributed by atoms with E-state index in [1.54, 1.807) is 12.1 Å². The van der Waals surface area contributed by atoms with Crippen LogP contribution in [0.2, 0.25) is 15.2 Å². The van der Waals surface area contributed by atoms with Crippen molar-refractivity contribution in [2.45, 2.75) is 0 Å². The topological polar surface area (TPSA) is 50.7 Å². The average Bonchev–Trinajstić information content (AvgIpc) is 2.28. The molecule has 2 rings (SSSR count). The Balaban J connectivity index is 2.35. The summed E-state index contributed by atoms with van der Waals surface area (Å²) in [6, 6.07) is 7.18. The van der Waals surface area contributed by atoms with Crippen LogP contribution >= 0.6 is 34.8 Å². The highest BCUT2D eigenvalue weighted by Gasteiger charge is 2.09. The maximum atomic E-state index is 5.96. The molecule has 0 saturated carbocycles. The fourth-order valence-corrected chi connectivity index (χ4v) is 1.49. The van der Waals surface area contributed by atoms with Gasteiger partial charge in [0.1, 0.15) is 5.02 Å². The third-order valence-corrected chi connectivity index (χ3v) is 2.84. The minimum absolute atomic E-state index is 0.0891. The van der Waals surface area contributed by atoms with Crippen LogP contribution in [0.5, 0.6) is 0 Å². The molecule has 0 saturated heterocycles. The van der Waals surface area contributed by atoms with Gasteiger partial charge in [0.25, 0.3) is 0 Å². The highest BCUT2D eigenvalue weighted by Crippen LogP contribution is 2.30. The van der Waals surface area contributed by atoms with Crippen LogP contribution in [0.4, 0.5) is 11.5 Å². The van der Waals surface area contributed by atoms with Crippen LogP contribution in [0.1, 0.15) is 0 Å². The quantitative estimate of drug-likeness (QED) is 0.910. The van der Waals surface area contributed by atoms with Gasteiger partial charge < -0.3 is 5.32 Å². The van der Waals surface area contributed by atoms with Gasteiger partial charge in [-0.05, 0) is 17.3 Å². The number of anilines is 2. The molecule has 1 aromatic carbocycles. The second kappa shape index (κ2) is 4.82. The highest BCUT2D eigenvalue weighted by molar-refractivity contribution is 6.42. The Kier molecular flexibility index (Phi) is 3.43. The van der Waals surface area contributed by atoms with Gasteiger partial charge in [-0.3, -0.25) is 0 Å². The van der Waals surface area contributed by atoms with E-state index < -0.39 is 0 Å². The first-order valence-corrected chi connectivity index (χ1v) is 5.38. The van der Waals surface area contributed by atoms with E-state index in [-0.39, 0.29) is 10.2 Å². The van der Waals surface area contributed by atoms with Gasteiger partial charge in [-0.1, -0.05) is 46.9 Å². The summed E-state index contributed by atoms with van der Waals surface area (Å²) in [5.74, 6) is 0.315. The number of benzene rings is 1. The van der Waals surface area contributed by atoms with Crippen LogP contribution in [0.3, 0.4) is 0 Å². The van der Waals surface area contributed by atoms with Gasteiger partial charge >= 0.3 is 0 Å². The first-order valence-electron chi connectivity index (χ1n) is 4.24. The van der Waals surface area contributed by atoms with Crippen molar-refractivity contribution in [3.63, 3.8) is 0 Å². The van der Waals surface area contributed by atoms with E-state index in [1.807, 2.05) is 12.1 Å². The van der Waals surface area contributed by atoms with E-state index in [0.29, 0.717) is 16.5 Å². The van der Waals surface area contributed by atoms with E-state index in [2.05, 4.69) is 20.7 Å². The molecule has 0 fully saturated rings. The van der Waals surface area contributed by atoms with Gasteiger partial charge in [-0.25, -0.2) is 0 Å². The van der Waals surface area contributed by atoms with Crippen molar-refractivity contribution < 1.29 is 0 Å². The van der Waals surface area contributed by atoms with E-state index in [0.717, 1.165) is 0 Å². The molecule has 1 aromatic heterocycles. The number of hydrogen-bond donors (Lipinski definition) is 1. The second-order valence-electron chi connectivity index (χ2n) is 2.85. The fraction of sp³-hybridized carbons (Fsp3) is 0. The molecule has 0 atom stereocenters. The standard InChI is InChI=1S/C9H5Cl3N4/c10-5-3-1-2-4-6(5)13-9-7(11)8(12)14-16-15-9/h1-4H,(H,13,14,15). The predicted octanol–water partition coefficient (Wildman–Crippen LogP) is 3.58. The van der Waals surface area contributed by atoms with Crippen molar-refractivity contribution in [3.05, 3.63) is 39.5 Å². The normalized spacial score (nSPS) is 10.2. The molecule has 0 aliphatic heterocycles. The zero-order valence-electron chi connectivity index (χ0n) is 7.78. The summed E-state index contributed by atoms with van der Waals surface area (Å²) >= 11 is 17.6. The van der Waals surface area contributed by atoms with Crippen molar-refractivity contribution in [1.29, 1.82) is 0 Å². The van der Waals surface area contributed by atoms with Gasteiger partial charge in [0.2, 0.25) is 0 Å². The summed E-state index contributed by atoms with van der Waals surface area (Å²) in [6.45, 7) is 0. The number of rotatable bonds is 2. The smallest absolute Gasteiger partial charge is 0.176 e. The van der Waals surface area contributed by atoms with Crippen LogP contribution in [-0.2, 0) is 0 Å². The van der Waals surface area contributed by atoms with Crippen molar-refractivity contribution in [2.75, 3.05) is 5.32 Å². The van der Waals surface area contributed by atoms with Gasteiger partial charge in [-0.2, -0.15) is 0 Å². The monoisotopic (exact) mass is 274 g/mol. The molecule has 0 radical (unpaired) electrons. The third-order valence-electron chi connectivity index (χ3n) is 1.79. The maximum Gasteiger partial charge on any atom is 0.176 e. The lowest BCUT2D eigenvalue weighted by Crippen LogP contribution is -1.99. The summed E-state index contributed by atoms with van der Waals surface area (Å²) in [5.41, 5.74) is 0.669. The Morgan fingerprint density at radius 2 is 1.75 bits per heavy atom. The Morgan fingerprint density at radius 3 is 2.50 bits per heavy atom. The zero-order chi connectivity index (χ0) is 11.5. The molecule has 0 bridgehead atoms. The molecule has 0 aliphatic rings. The summed E-state index contributed by atoms with van der Waals surface area (Å²) < 4.78 is 0.